The topological polar surface area (TPSA) is 168 Å². The van der Waals surface area contributed by atoms with Crippen molar-refractivity contribution in [3.05, 3.63) is 67.3 Å². The molecule has 6 heterocycles. The molecule has 0 bridgehead atoms. The van der Waals surface area contributed by atoms with Crippen LogP contribution in [0, 0.1) is 33.9 Å². The Morgan fingerprint density at radius 2 is 0.812 bits per heavy atom. The summed E-state index contributed by atoms with van der Waals surface area (Å²) in [6, 6.07) is 6.73. The van der Waals surface area contributed by atoms with Crippen molar-refractivity contribution in [1.29, 1.82) is 0 Å². The standard InChI is InChI=1S/2C12H20N2.C12H10N2.ClH3O4.Co/c3*1-3-9-5-6-10-4-2-8-14-12(10)11(9)13-7-1;2-1(3,4)5;/h2*9-12H,1-8H2;1-6H,7-8H2;2-4H;/q3*-2;;+3. The first kappa shape index (κ1) is 38.0. The summed E-state index contributed by atoms with van der Waals surface area (Å²) >= 11 is 0. The van der Waals surface area contributed by atoms with Gasteiger partial charge in [0.05, 0.1) is 0 Å². The fourth-order valence-corrected chi connectivity index (χ4v) is 9.18. The van der Waals surface area contributed by atoms with Gasteiger partial charge in [-0.25, -0.2) is 0 Å². The summed E-state index contributed by atoms with van der Waals surface area (Å²) in [6.07, 6.45) is 25.2. The third kappa shape index (κ3) is 10.2. The van der Waals surface area contributed by atoms with Crippen molar-refractivity contribution >= 4 is 23.5 Å². The first-order valence-electron chi connectivity index (χ1n) is 18.0. The van der Waals surface area contributed by atoms with Crippen molar-refractivity contribution in [2.24, 2.45) is 23.7 Å². The van der Waals surface area contributed by atoms with Crippen LogP contribution in [0.1, 0.15) is 88.2 Å². The quantitative estimate of drug-likeness (QED) is 0.260. The number of halogens is 1. The van der Waals surface area contributed by atoms with Crippen molar-refractivity contribution in [2.45, 2.75) is 101 Å². The summed E-state index contributed by atoms with van der Waals surface area (Å²) in [5, 5.41) is 28.4. The van der Waals surface area contributed by atoms with Gasteiger partial charge >= 0.3 is 45.7 Å². The second-order valence-corrected chi connectivity index (χ2v) is 15.1. The monoisotopic (exact) mass is 727 g/mol. The summed E-state index contributed by atoms with van der Waals surface area (Å²) in [5.41, 5.74) is 4.51. The second kappa shape index (κ2) is 18.3. The van der Waals surface area contributed by atoms with Crippen molar-refractivity contribution in [3.63, 3.8) is 0 Å². The van der Waals surface area contributed by atoms with Gasteiger partial charge in [-0.2, -0.15) is 0 Å². The van der Waals surface area contributed by atoms with E-state index in [1.807, 2.05) is 0 Å². The normalized spacial score (nSPS) is 34.4. The molecule has 6 fully saturated rings. The first-order chi connectivity index (χ1) is 22.8. The number of hydrogen-bond donors (Lipinski definition) is 3. The molecule has 12 heteroatoms. The van der Waals surface area contributed by atoms with Gasteiger partial charge in [0.1, 0.15) is 0 Å². The first-order valence-corrected chi connectivity index (χ1v) is 19.3. The summed E-state index contributed by atoms with van der Waals surface area (Å²) in [7, 11) is -4.19. The van der Waals surface area contributed by atoms with Crippen LogP contribution in [0.15, 0.2) is 24.3 Å². The summed E-state index contributed by atoms with van der Waals surface area (Å²) in [6.45, 7) is 6.00. The van der Waals surface area contributed by atoms with Crippen LogP contribution in [0.2, 0.25) is 0 Å². The van der Waals surface area contributed by atoms with E-state index in [2.05, 4.69) is 47.1 Å². The molecule has 0 spiro atoms. The van der Waals surface area contributed by atoms with Gasteiger partial charge in [-0.3, -0.25) is 0 Å². The molecule has 1 aromatic rings. The molecule has 270 valence electrons. The molecule has 4 saturated heterocycles. The zero-order valence-electron chi connectivity index (χ0n) is 28.0. The second-order valence-electron chi connectivity index (χ2n) is 14.2. The van der Waals surface area contributed by atoms with Crippen LogP contribution in [0.3, 0.4) is 0 Å². The average Bonchev–Trinajstić information content (AvgIpc) is 3.11. The Bertz CT molecular complexity index is 1080. The Balaban J connectivity index is 0.000000130. The van der Waals surface area contributed by atoms with Gasteiger partial charge in [-0.05, 0) is 11.1 Å². The average molecular weight is 728 g/mol. The van der Waals surface area contributed by atoms with E-state index in [9.17, 15) is 0 Å². The summed E-state index contributed by atoms with van der Waals surface area (Å²) < 4.78 is 30.2. The number of piperidine rings is 4. The SMILES string of the molecule is C1=Cc2ccc3c(c2[N-]C1)[N-]CC=C3.C1C[N-]C2C(C1)CCC1CCC[N-]C12.C1C[N-]C2C(C1)CCC1CCC[N-]C12.[Co+3].[O-][Cl+](O)(O)O. The number of rotatable bonds is 0. The Labute approximate surface area is 299 Å². The third-order valence-electron chi connectivity index (χ3n) is 11.3. The van der Waals surface area contributed by atoms with Crippen molar-refractivity contribution < 1.29 is 45.7 Å². The van der Waals surface area contributed by atoms with Crippen LogP contribution in [0.5, 0.6) is 0 Å². The maximum absolute atomic E-state index is 8.83. The number of fused-ring (bicyclic) bond motifs is 9. The zero-order valence-corrected chi connectivity index (χ0v) is 29.8. The number of nitrogens with zero attached hydrogens (tertiary/aromatic N) is 6. The number of benzene rings is 1. The maximum atomic E-state index is 8.83. The van der Waals surface area contributed by atoms with Gasteiger partial charge in [0, 0.05) is 0 Å². The van der Waals surface area contributed by atoms with Gasteiger partial charge in [-0.15, -0.1) is 87.0 Å². The van der Waals surface area contributed by atoms with E-state index >= 15 is 0 Å². The summed E-state index contributed by atoms with van der Waals surface area (Å²) in [4.78, 5) is 0. The number of hydrogen-bond acceptors (Lipinski definition) is 4. The molecule has 2 aliphatic carbocycles. The van der Waals surface area contributed by atoms with E-state index < -0.39 is 10.2 Å². The molecular weight excluding hydrogens is 675 g/mol. The predicted octanol–water partition coefficient (Wildman–Crippen LogP) is 7.06. The minimum atomic E-state index is -4.19. The van der Waals surface area contributed by atoms with Gasteiger partial charge in [0.25, 0.3) is 0 Å². The van der Waals surface area contributed by atoms with Crippen molar-refractivity contribution in [1.82, 2.24) is 0 Å². The van der Waals surface area contributed by atoms with E-state index in [1.165, 1.54) is 88.2 Å². The third-order valence-corrected chi connectivity index (χ3v) is 11.3. The Hall–Kier alpha value is -1.22. The van der Waals surface area contributed by atoms with Crippen LogP contribution in [0.4, 0.5) is 11.4 Å². The molecule has 8 atom stereocenters. The minimum absolute atomic E-state index is 0. The predicted molar refractivity (Wildman–Crippen MR) is 184 cm³/mol. The van der Waals surface area contributed by atoms with Crippen LogP contribution < -0.4 is 4.66 Å². The molecule has 0 aromatic heterocycles. The van der Waals surface area contributed by atoms with Gasteiger partial charge in [0.2, 0.25) is 0 Å². The molecule has 9 rings (SSSR count). The van der Waals surface area contributed by atoms with E-state index in [0.29, 0.717) is 24.2 Å². The van der Waals surface area contributed by atoms with Crippen LogP contribution in [-0.2, 0) is 16.8 Å². The molecule has 2 saturated carbocycles. The van der Waals surface area contributed by atoms with Crippen LogP contribution in [-0.4, -0.2) is 77.4 Å². The molecule has 0 radical (unpaired) electrons. The van der Waals surface area contributed by atoms with E-state index in [1.54, 1.807) is 0 Å². The molecule has 3 N–H and O–H groups in total. The Morgan fingerprint density at radius 1 is 0.521 bits per heavy atom. The Kier molecular flexibility index (Phi) is 14.5. The van der Waals surface area contributed by atoms with E-state index in [0.717, 1.165) is 74.3 Å². The molecule has 48 heavy (non-hydrogen) atoms. The van der Waals surface area contributed by atoms with E-state index in [-0.39, 0.29) is 16.8 Å². The fraction of sp³-hybridized carbons (Fsp3) is 0.722. The molecule has 1 aromatic carbocycles. The molecule has 6 aliphatic heterocycles. The fourth-order valence-electron chi connectivity index (χ4n) is 9.18. The molecule has 8 aliphatic rings. The summed E-state index contributed by atoms with van der Waals surface area (Å²) in [5.74, 6) is 3.58. The van der Waals surface area contributed by atoms with E-state index in [4.69, 9.17) is 39.9 Å². The molecule has 0 amide bonds. The molecular formula is C36H53ClCoN6O4-3. The van der Waals surface area contributed by atoms with Crippen molar-refractivity contribution in [3.8, 4) is 0 Å². The molecule has 8 unspecified atom stereocenters. The molecule has 10 nitrogen and oxygen atoms in total. The van der Waals surface area contributed by atoms with Gasteiger partial charge in [0.15, 0.2) is 0 Å². The Morgan fingerprint density at radius 3 is 1.10 bits per heavy atom. The van der Waals surface area contributed by atoms with Gasteiger partial charge in [-0.1, -0.05) is 125 Å². The zero-order chi connectivity index (χ0) is 32.6. The van der Waals surface area contributed by atoms with Gasteiger partial charge < -0.3 is 31.9 Å². The van der Waals surface area contributed by atoms with Crippen molar-refractivity contribution in [2.75, 3.05) is 39.3 Å². The van der Waals surface area contributed by atoms with Crippen LogP contribution in [0.25, 0.3) is 44.1 Å². The van der Waals surface area contributed by atoms with Crippen LogP contribution >= 0.6 is 0 Å².